The first-order valence-electron chi connectivity index (χ1n) is 6.57. The van der Waals surface area contributed by atoms with Crippen molar-refractivity contribution < 1.29 is 9.53 Å². The zero-order valence-electron chi connectivity index (χ0n) is 11.5. The molecule has 0 aliphatic heterocycles. The molecule has 0 spiro atoms. The van der Waals surface area contributed by atoms with E-state index in [1.807, 2.05) is 45.0 Å². The first-order valence-corrected chi connectivity index (χ1v) is 6.57. The Bertz CT molecular complexity index is 388. The van der Waals surface area contributed by atoms with Crippen molar-refractivity contribution in [2.24, 2.45) is 17.6 Å². The van der Waals surface area contributed by atoms with E-state index in [2.05, 4.69) is 0 Å². The van der Waals surface area contributed by atoms with Crippen LogP contribution in [0.3, 0.4) is 0 Å². The lowest BCUT2D eigenvalue weighted by Gasteiger charge is -2.19. The van der Waals surface area contributed by atoms with Crippen molar-refractivity contribution in [3.8, 4) is 5.75 Å². The van der Waals surface area contributed by atoms with Gasteiger partial charge in [-0.05, 0) is 24.5 Å². The van der Waals surface area contributed by atoms with Crippen LogP contribution in [0.4, 0.5) is 0 Å². The highest BCUT2D eigenvalue weighted by Crippen LogP contribution is 2.24. The molecule has 0 fully saturated rings. The zero-order valence-corrected chi connectivity index (χ0v) is 11.5. The number of benzene rings is 1. The molecule has 100 valence electrons. The number of hydrogen-bond acceptors (Lipinski definition) is 3. The lowest BCUT2D eigenvalue weighted by Crippen LogP contribution is -2.28. The van der Waals surface area contributed by atoms with Gasteiger partial charge in [0.2, 0.25) is 0 Å². The predicted octanol–water partition coefficient (Wildman–Crippen LogP) is 2.89. The maximum absolute atomic E-state index is 12.4. The summed E-state index contributed by atoms with van der Waals surface area (Å²) in [7, 11) is 0. The van der Waals surface area contributed by atoms with Gasteiger partial charge in [-0.3, -0.25) is 4.79 Å². The molecule has 0 amide bonds. The van der Waals surface area contributed by atoms with Gasteiger partial charge in [-0.2, -0.15) is 0 Å². The van der Waals surface area contributed by atoms with E-state index in [9.17, 15) is 4.79 Å². The lowest BCUT2D eigenvalue weighted by molar-refractivity contribution is 0.0888. The summed E-state index contributed by atoms with van der Waals surface area (Å²) in [6, 6.07) is 7.41. The second kappa shape index (κ2) is 7.17. The van der Waals surface area contributed by atoms with Gasteiger partial charge in [0, 0.05) is 12.5 Å². The summed E-state index contributed by atoms with van der Waals surface area (Å²) in [4.78, 5) is 12.4. The number of nitrogens with two attached hydrogens (primary N) is 1. The Morgan fingerprint density at radius 2 is 2.00 bits per heavy atom. The van der Waals surface area contributed by atoms with Crippen LogP contribution in [0.1, 0.15) is 37.6 Å². The molecule has 1 rings (SSSR count). The van der Waals surface area contributed by atoms with Crippen LogP contribution < -0.4 is 10.5 Å². The minimum absolute atomic E-state index is 0.0826. The van der Waals surface area contributed by atoms with Gasteiger partial charge in [-0.1, -0.05) is 32.9 Å². The normalized spacial score (nSPS) is 12.5. The maximum Gasteiger partial charge on any atom is 0.171 e. The highest BCUT2D eigenvalue weighted by molar-refractivity contribution is 6.00. The molecule has 1 aromatic carbocycles. The fourth-order valence-electron chi connectivity index (χ4n) is 1.89. The molecule has 0 radical (unpaired) electrons. The molecule has 1 atom stereocenters. The second-order valence-electron chi connectivity index (χ2n) is 4.80. The van der Waals surface area contributed by atoms with Gasteiger partial charge < -0.3 is 10.5 Å². The van der Waals surface area contributed by atoms with Crippen LogP contribution in [-0.2, 0) is 0 Å². The van der Waals surface area contributed by atoms with Crippen molar-refractivity contribution >= 4 is 5.78 Å². The number of ketones is 1. The summed E-state index contributed by atoms with van der Waals surface area (Å²) in [6.45, 7) is 7.08. The van der Waals surface area contributed by atoms with E-state index in [1.165, 1.54) is 0 Å². The molecule has 0 aliphatic carbocycles. The molecular formula is C15H23NO2. The van der Waals surface area contributed by atoms with Crippen LogP contribution in [0.5, 0.6) is 5.75 Å². The molecule has 0 heterocycles. The maximum atomic E-state index is 12.4. The third-order valence-electron chi connectivity index (χ3n) is 3.01. The number of rotatable bonds is 7. The molecule has 0 aliphatic rings. The molecule has 0 bridgehead atoms. The first-order chi connectivity index (χ1) is 8.61. The largest absolute Gasteiger partial charge is 0.493 e. The van der Waals surface area contributed by atoms with Crippen molar-refractivity contribution in [1.82, 2.24) is 0 Å². The molecule has 3 heteroatoms. The van der Waals surface area contributed by atoms with Crippen LogP contribution in [0.15, 0.2) is 24.3 Å². The summed E-state index contributed by atoms with van der Waals surface area (Å²) in [5.74, 6) is 0.848. The number of hydrogen-bond donors (Lipinski definition) is 1. The average molecular weight is 249 g/mol. The van der Waals surface area contributed by atoms with Gasteiger partial charge in [-0.15, -0.1) is 0 Å². The average Bonchev–Trinajstić information content (AvgIpc) is 2.37. The first kappa shape index (κ1) is 14.7. The molecule has 2 N–H and O–H groups in total. The molecule has 1 aromatic rings. The Kier molecular flexibility index (Phi) is 5.86. The fraction of sp³-hybridized carbons (Fsp3) is 0.533. The van der Waals surface area contributed by atoms with Gasteiger partial charge in [-0.25, -0.2) is 0 Å². The molecule has 0 saturated carbocycles. The van der Waals surface area contributed by atoms with Crippen molar-refractivity contribution in [2.45, 2.75) is 27.2 Å². The summed E-state index contributed by atoms with van der Waals surface area (Å²) < 4.78 is 5.62. The SMILES string of the molecule is CCCOc1ccccc1C(=O)C(CN)C(C)C. The van der Waals surface area contributed by atoms with Crippen LogP contribution in [0, 0.1) is 11.8 Å². The standard InChI is InChI=1S/C15H23NO2/c1-4-9-18-14-8-6-5-7-12(14)15(17)13(10-16)11(2)3/h5-8,11,13H,4,9-10,16H2,1-3H3. The van der Waals surface area contributed by atoms with E-state index >= 15 is 0 Å². The molecular weight excluding hydrogens is 226 g/mol. The summed E-state index contributed by atoms with van der Waals surface area (Å²) >= 11 is 0. The van der Waals surface area contributed by atoms with Gasteiger partial charge >= 0.3 is 0 Å². The number of ether oxygens (including phenoxy) is 1. The van der Waals surface area contributed by atoms with Crippen molar-refractivity contribution in [1.29, 1.82) is 0 Å². The Morgan fingerprint density at radius 1 is 1.33 bits per heavy atom. The molecule has 0 aromatic heterocycles. The summed E-state index contributed by atoms with van der Waals surface area (Å²) in [5.41, 5.74) is 6.35. The monoisotopic (exact) mass is 249 g/mol. The molecule has 18 heavy (non-hydrogen) atoms. The van der Waals surface area contributed by atoms with E-state index in [-0.39, 0.29) is 17.6 Å². The number of Topliss-reactive ketones (excluding diaryl/α,β-unsaturated/α-hetero) is 1. The van der Waals surface area contributed by atoms with Gasteiger partial charge in [0.05, 0.1) is 12.2 Å². The van der Waals surface area contributed by atoms with E-state index < -0.39 is 0 Å². The smallest absolute Gasteiger partial charge is 0.171 e. The number of carbonyl (C=O) groups is 1. The summed E-state index contributed by atoms with van der Waals surface area (Å²) in [5, 5.41) is 0. The number of carbonyl (C=O) groups excluding carboxylic acids is 1. The molecule has 1 unspecified atom stereocenters. The Hall–Kier alpha value is -1.35. The summed E-state index contributed by atoms with van der Waals surface area (Å²) in [6.07, 6.45) is 0.924. The highest BCUT2D eigenvalue weighted by atomic mass is 16.5. The third kappa shape index (κ3) is 3.57. The minimum Gasteiger partial charge on any atom is -0.493 e. The van der Waals surface area contributed by atoms with E-state index in [0.29, 0.717) is 24.5 Å². The third-order valence-corrected chi connectivity index (χ3v) is 3.01. The Morgan fingerprint density at radius 3 is 2.56 bits per heavy atom. The Balaban J connectivity index is 2.96. The van der Waals surface area contributed by atoms with Crippen molar-refractivity contribution in [3.63, 3.8) is 0 Å². The zero-order chi connectivity index (χ0) is 13.5. The molecule has 0 saturated heterocycles. The minimum atomic E-state index is -0.142. The van der Waals surface area contributed by atoms with E-state index in [4.69, 9.17) is 10.5 Å². The van der Waals surface area contributed by atoms with E-state index in [0.717, 1.165) is 6.42 Å². The van der Waals surface area contributed by atoms with Crippen molar-refractivity contribution in [2.75, 3.05) is 13.2 Å². The fourth-order valence-corrected chi connectivity index (χ4v) is 1.89. The van der Waals surface area contributed by atoms with Gasteiger partial charge in [0.15, 0.2) is 5.78 Å². The van der Waals surface area contributed by atoms with Crippen LogP contribution >= 0.6 is 0 Å². The molecule has 3 nitrogen and oxygen atoms in total. The topological polar surface area (TPSA) is 52.3 Å². The highest BCUT2D eigenvalue weighted by Gasteiger charge is 2.24. The van der Waals surface area contributed by atoms with Crippen LogP contribution in [-0.4, -0.2) is 18.9 Å². The Labute approximate surface area is 109 Å². The van der Waals surface area contributed by atoms with Crippen molar-refractivity contribution in [3.05, 3.63) is 29.8 Å². The van der Waals surface area contributed by atoms with Gasteiger partial charge in [0.25, 0.3) is 0 Å². The predicted molar refractivity (Wildman–Crippen MR) is 73.9 cm³/mol. The van der Waals surface area contributed by atoms with E-state index in [1.54, 1.807) is 0 Å². The van der Waals surface area contributed by atoms with Gasteiger partial charge in [0.1, 0.15) is 5.75 Å². The van der Waals surface area contributed by atoms with Crippen LogP contribution in [0.2, 0.25) is 0 Å². The van der Waals surface area contributed by atoms with Crippen LogP contribution in [0.25, 0.3) is 0 Å². The second-order valence-corrected chi connectivity index (χ2v) is 4.80. The lowest BCUT2D eigenvalue weighted by atomic mass is 9.88. The number of para-hydroxylation sites is 1. The quantitative estimate of drug-likeness (QED) is 0.756.